The van der Waals surface area contributed by atoms with E-state index in [4.69, 9.17) is 9.47 Å². The largest absolute Gasteiger partial charge is 0.488 e. The van der Waals surface area contributed by atoms with Crippen molar-refractivity contribution in [3.63, 3.8) is 0 Å². The maximum Gasteiger partial charge on any atom is 0.407 e. The molecule has 8 nitrogen and oxygen atoms in total. The zero-order chi connectivity index (χ0) is 21.5. The number of pyridine rings is 1. The number of carbonyl (C=O) groups is 1. The molecule has 0 spiro atoms. The molecule has 0 saturated heterocycles. The van der Waals surface area contributed by atoms with E-state index in [9.17, 15) is 13.6 Å². The van der Waals surface area contributed by atoms with Crippen LogP contribution in [-0.4, -0.2) is 38.8 Å². The highest BCUT2D eigenvalue weighted by molar-refractivity contribution is 5.67. The molecule has 1 aliphatic carbocycles. The van der Waals surface area contributed by atoms with Gasteiger partial charge in [-0.3, -0.25) is 0 Å². The first kappa shape index (κ1) is 21.9. The molecule has 3 rings (SSSR count). The molecule has 0 radical (unpaired) electrons. The molecule has 0 aliphatic heterocycles. The average Bonchev–Trinajstić information content (AvgIpc) is 3.12. The highest BCUT2D eigenvalue weighted by Crippen LogP contribution is 2.33. The fourth-order valence-corrected chi connectivity index (χ4v) is 3.39. The van der Waals surface area contributed by atoms with Gasteiger partial charge in [-0.15, -0.1) is 5.10 Å². The van der Waals surface area contributed by atoms with Gasteiger partial charge in [0, 0.05) is 7.05 Å². The molecule has 2 heterocycles. The summed E-state index contributed by atoms with van der Waals surface area (Å²) >= 11 is 0. The van der Waals surface area contributed by atoms with Crippen LogP contribution < -0.4 is 10.1 Å². The van der Waals surface area contributed by atoms with Gasteiger partial charge >= 0.3 is 6.09 Å². The predicted molar refractivity (Wildman–Crippen MR) is 105 cm³/mol. The van der Waals surface area contributed by atoms with Gasteiger partial charge in [0.05, 0.1) is 30.6 Å². The number of ether oxygens (including phenoxy) is 2. The summed E-state index contributed by atoms with van der Waals surface area (Å²) in [6, 6.07) is 3.10. The number of nitrogens with one attached hydrogen (secondary N) is 1. The molecule has 0 aromatic carbocycles. The van der Waals surface area contributed by atoms with Gasteiger partial charge in [-0.1, -0.05) is 18.6 Å². The standard InChI is InChI=1S/C20H27F2N5O3/c1-3-11-29-20(28)23-12-15-17(25-26-27(15)2)14-9-10-16(18(24-14)19(21)22)30-13-7-5-4-6-8-13/h9-10,13,19H,3-8,11-12H2,1-2H3,(H,23,28). The highest BCUT2D eigenvalue weighted by Gasteiger charge is 2.24. The zero-order valence-corrected chi connectivity index (χ0v) is 17.2. The van der Waals surface area contributed by atoms with Crippen LogP contribution in [0.3, 0.4) is 0 Å². The first-order valence-corrected chi connectivity index (χ1v) is 10.2. The molecule has 0 unspecified atom stereocenters. The normalized spacial score (nSPS) is 14.7. The first-order chi connectivity index (χ1) is 14.5. The third kappa shape index (κ3) is 5.43. The Morgan fingerprint density at radius 2 is 2.07 bits per heavy atom. The summed E-state index contributed by atoms with van der Waals surface area (Å²) in [7, 11) is 1.65. The molecular weight excluding hydrogens is 396 g/mol. The number of aryl methyl sites for hydroxylation is 1. The molecule has 1 fully saturated rings. The van der Waals surface area contributed by atoms with Crippen LogP contribution >= 0.6 is 0 Å². The molecule has 2 aromatic rings. The molecule has 10 heteroatoms. The van der Waals surface area contributed by atoms with Crippen molar-refractivity contribution in [3.8, 4) is 17.1 Å². The van der Waals surface area contributed by atoms with E-state index >= 15 is 0 Å². The second-order valence-corrected chi connectivity index (χ2v) is 7.26. The van der Waals surface area contributed by atoms with Crippen molar-refractivity contribution in [1.29, 1.82) is 0 Å². The van der Waals surface area contributed by atoms with E-state index in [2.05, 4.69) is 20.6 Å². The summed E-state index contributed by atoms with van der Waals surface area (Å²) < 4.78 is 39.7. The summed E-state index contributed by atoms with van der Waals surface area (Å²) in [5, 5.41) is 10.6. The third-order valence-corrected chi connectivity index (χ3v) is 4.96. The van der Waals surface area contributed by atoms with E-state index in [0.717, 1.165) is 32.1 Å². The lowest BCUT2D eigenvalue weighted by Gasteiger charge is -2.24. The number of hydrogen-bond donors (Lipinski definition) is 1. The van der Waals surface area contributed by atoms with Crippen molar-refractivity contribution in [2.75, 3.05) is 6.61 Å². The molecule has 1 saturated carbocycles. The van der Waals surface area contributed by atoms with E-state index in [1.165, 1.54) is 10.7 Å². The Kier molecular flexibility index (Phi) is 7.53. The lowest BCUT2D eigenvalue weighted by molar-refractivity contribution is 0.120. The van der Waals surface area contributed by atoms with Crippen molar-refractivity contribution in [1.82, 2.24) is 25.3 Å². The number of carbonyl (C=O) groups excluding carboxylic acids is 1. The Hall–Kier alpha value is -2.78. The van der Waals surface area contributed by atoms with Crippen LogP contribution in [0.15, 0.2) is 12.1 Å². The van der Waals surface area contributed by atoms with E-state index in [1.54, 1.807) is 13.1 Å². The van der Waals surface area contributed by atoms with Crippen LogP contribution in [0.25, 0.3) is 11.4 Å². The van der Waals surface area contributed by atoms with Gasteiger partial charge in [-0.05, 0) is 44.2 Å². The Morgan fingerprint density at radius 3 is 2.77 bits per heavy atom. The monoisotopic (exact) mass is 423 g/mol. The van der Waals surface area contributed by atoms with Crippen LogP contribution in [-0.2, 0) is 18.3 Å². The van der Waals surface area contributed by atoms with Crippen molar-refractivity contribution in [2.24, 2.45) is 7.05 Å². The lowest BCUT2D eigenvalue weighted by atomic mass is 9.98. The van der Waals surface area contributed by atoms with Crippen molar-refractivity contribution in [3.05, 3.63) is 23.5 Å². The van der Waals surface area contributed by atoms with Crippen LogP contribution in [0.4, 0.5) is 13.6 Å². The van der Waals surface area contributed by atoms with Gasteiger partial charge < -0.3 is 14.8 Å². The third-order valence-electron chi connectivity index (χ3n) is 4.96. The van der Waals surface area contributed by atoms with Crippen LogP contribution in [0.5, 0.6) is 5.75 Å². The molecule has 2 aromatic heterocycles. The summed E-state index contributed by atoms with van der Waals surface area (Å²) in [5.41, 5.74) is 0.676. The molecule has 0 bridgehead atoms. The van der Waals surface area contributed by atoms with Gasteiger partial charge in [-0.25, -0.2) is 23.2 Å². The van der Waals surface area contributed by atoms with Crippen LogP contribution in [0, 0.1) is 0 Å². The number of nitrogens with zero attached hydrogens (tertiary/aromatic N) is 4. The lowest BCUT2D eigenvalue weighted by Crippen LogP contribution is -2.25. The summed E-state index contributed by atoms with van der Waals surface area (Å²) in [5.74, 6) is 0.104. The number of rotatable bonds is 8. The van der Waals surface area contributed by atoms with E-state index in [-0.39, 0.29) is 24.1 Å². The maximum absolute atomic E-state index is 13.7. The maximum atomic E-state index is 13.7. The average molecular weight is 423 g/mol. The van der Waals surface area contributed by atoms with Gasteiger partial charge in [0.1, 0.15) is 17.1 Å². The number of amides is 1. The second kappa shape index (κ2) is 10.3. The predicted octanol–water partition coefficient (Wildman–Crippen LogP) is 4.16. The Labute approximate surface area is 174 Å². The number of aromatic nitrogens is 4. The molecule has 164 valence electrons. The minimum absolute atomic E-state index is 0.0608. The quantitative estimate of drug-likeness (QED) is 0.686. The van der Waals surface area contributed by atoms with Gasteiger partial charge in [0.15, 0.2) is 0 Å². The smallest absolute Gasteiger partial charge is 0.407 e. The second-order valence-electron chi connectivity index (χ2n) is 7.26. The van der Waals surface area contributed by atoms with E-state index in [1.807, 2.05) is 6.92 Å². The van der Waals surface area contributed by atoms with Crippen molar-refractivity contribution >= 4 is 6.09 Å². The summed E-state index contributed by atoms with van der Waals surface area (Å²) in [6.07, 6.45) is 2.24. The fourth-order valence-electron chi connectivity index (χ4n) is 3.39. The Bertz CT molecular complexity index is 853. The molecule has 1 aliphatic rings. The fraction of sp³-hybridized carbons (Fsp3) is 0.600. The number of alkyl halides is 2. The SMILES string of the molecule is CCCOC(=O)NCc1c(-c2ccc(OC3CCCCC3)c(C(F)F)n2)nnn1C. The zero-order valence-electron chi connectivity index (χ0n) is 17.2. The van der Waals surface area contributed by atoms with Crippen molar-refractivity contribution < 1.29 is 23.0 Å². The van der Waals surface area contributed by atoms with Gasteiger partial charge in [0.25, 0.3) is 6.43 Å². The van der Waals surface area contributed by atoms with Gasteiger partial charge in [0.2, 0.25) is 0 Å². The van der Waals surface area contributed by atoms with Gasteiger partial charge in [-0.2, -0.15) is 0 Å². The number of hydrogen-bond acceptors (Lipinski definition) is 6. The molecular formula is C20H27F2N5O3. The van der Waals surface area contributed by atoms with E-state index < -0.39 is 18.2 Å². The minimum atomic E-state index is -2.79. The molecule has 1 amide bonds. The van der Waals surface area contributed by atoms with Crippen LogP contribution in [0.1, 0.15) is 63.3 Å². The van der Waals surface area contributed by atoms with E-state index in [0.29, 0.717) is 24.4 Å². The molecule has 30 heavy (non-hydrogen) atoms. The Balaban J connectivity index is 1.80. The number of alkyl carbamates (subject to hydrolysis) is 1. The summed E-state index contributed by atoms with van der Waals surface area (Å²) in [6.45, 7) is 2.28. The highest BCUT2D eigenvalue weighted by atomic mass is 19.3. The first-order valence-electron chi connectivity index (χ1n) is 10.2. The Morgan fingerprint density at radius 1 is 1.30 bits per heavy atom. The molecule has 1 N–H and O–H groups in total. The minimum Gasteiger partial charge on any atom is -0.488 e. The number of halogens is 2. The van der Waals surface area contributed by atoms with Crippen LogP contribution in [0.2, 0.25) is 0 Å². The van der Waals surface area contributed by atoms with Crippen molar-refractivity contribution in [2.45, 2.75) is 64.5 Å². The molecule has 0 atom stereocenters. The topological polar surface area (TPSA) is 91.2 Å². The summed E-state index contributed by atoms with van der Waals surface area (Å²) in [4.78, 5) is 15.8.